The molecule has 0 heterocycles. The van der Waals surface area contributed by atoms with Crippen LogP contribution in [-0.2, 0) is 9.47 Å². The Labute approximate surface area is 120 Å². The second kappa shape index (κ2) is 9.28. The second-order valence-corrected chi connectivity index (χ2v) is 4.28. The standard InChI is InChI=1S/C16H23NO3/c1-4-19-16(20-5-2)12-17-13(3)11-15(18)14-9-7-6-8-10-14/h6-11,16-17H,4-5,12H2,1-3H3/b13-11-. The highest BCUT2D eigenvalue weighted by atomic mass is 16.7. The number of ketones is 1. The van der Waals surface area contributed by atoms with Crippen molar-refractivity contribution in [2.24, 2.45) is 0 Å². The van der Waals surface area contributed by atoms with Crippen molar-refractivity contribution >= 4 is 5.78 Å². The summed E-state index contributed by atoms with van der Waals surface area (Å²) >= 11 is 0. The molecule has 4 nitrogen and oxygen atoms in total. The minimum absolute atomic E-state index is 0.0139. The Morgan fingerprint density at radius 2 is 1.80 bits per heavy atom. The molecule has 1 aromatic carbocycles. The lowest BCUT2D eigenvalue weighted by atomic mass is 10.1. The molecule has 1 aromatic rings. The first kappa shape index (κ1) is 16.4. The molecule has 0 spiro atoms. The molecule has 0 unspecified atom stereocenters. The van der Waals surface area contributed by atoms with E-state index in [0.717, 1.165) is 5.70 Å². The maximum absolute atomic E-state index is 12.0. The van der Waals surface area contributed by atoms with Crippen LogP contribution >= 0.6 is 0 Å². The summed E-state index contributed by atoms with van der Waals surface area (Å²) in [6, 6.07) is 9.19. The van der Waals surface area contributed by atoms with Gasteiger partial charge in [-0.2, -0.15) is 0 Å². The quantitative estimate of drug-likeness (QED) is 0.428. The molecule has 0 aliphatic carbocycles. The molecule has 0 bridgehead atoms. The first-order valence-corrected chi connectivity index (χ1v) is 6.92. The van der Waals surface area contributed by atoms with E-state index in [1.54, 1.807) is 18.2 Å². The van der Waals surface area contributed by atoms with Crippen LogP contribution in [0, 0.1) is 0 Å². The Morgan fingerprint density at radius 1 is 1.20 bits per heavy atom. The zero-order chi connectivity index (χ0) is 14.8. The number of hydrogen-bond donors (Lipinski definition) is 1. The van der Waals surface area contributed by atoms with Gasteiger partial charge in [0.05, 0.1) is 6.54 Å². The minimum atomic E-state index is -0.292. The van der Waals surface area contributed by atoms with Crippen LogP contribution in [0.4, 0.5) is 0 Å². The van der Waals surface area contributed by atoms with Gasteiger partial charge in [-0.1, -0.05) is 30.3 Å². The molecule has 0 aliphatic heterocycles. The molecule has 1 N–H and O–H groups in total. The van der Waals surface area contributed by atoms with Crippen LogP contribution in [0.25, 0.3) is 0 Å². The van der Waals surface area contributed by atoms with Gasteiger partial charge in [0.15, 0.2) is 12.1 Å². The average molecular weight is 277 g/mol. The third-order valence-corrected chi connectivity index (χ3v) is 2.66. The van der Waals surface area contributed by atoms with Crippen molar-refractivity contribution < 1.29 is 14.3 Å². The van der Waals surface area contributed by atoms with Gasteiger partial charge in [0.1, 0.15) is 0 Å². The lowest BCUT2D eigenvalue weighted by molar-refractivity contribution is -0.131. The van der Waals surface area contributed by atoms with Crippen LogP contribution in [0.5, 0.6) is 0 Å². The maximum atomic E-state index is 12.0. The van der Waals surface area contributed by atoms with Crippen LogP contribution < -0.4 is 5.32 Å². The predicted octanol–water partition coefficient (Wildman–Crippen LogP) is 2.76. The lowest BCUT2D eigenvalue weighted by Gasteiger charge is -2.18. The van der Waals surface area contributed by atoms with Crippen LogP contribution in [-0.4, -0.2) is 31.8 Å². The average Bonchev–Trinajstić information content (AvgIpc) is 2.46. The van der Waals surface area contributed by atoms with E-state index in [1.165, 1.54) is 0 Å². The second-order valence-electron chi connectivity index (χ2n) is 4.28. The Kier molecular flexibility index (Phi) is 7.62. The molecule has 0 atom stereocenters. The van der Waals surface area contributed by atoms with E-state index in [9.17, 15) is 4.79 Å². The fourth-order valence-electron chi connectivity index (χ4n) is 1.72. The fraction of sp³-hybridized carbons (Fsp3) is 0.438. The molecule has 0 saturated carbocycles. The van der Waals surface area contributed by atoms with Gasteiger partial charge in [0, 0.05) is 30.6 Å². The van der Waals surface area contributed by atoms with Gasteiger partial charge >= 0.3 is 0 Å². The Balaban J connectivity index is 2.50. The molecule has 20 heavy (non-hydrogen) atoms. The number of carbonyl (C=O) groups excluding carboxylic acids is 1. The number of carbonyl (C=O) groups is 1. The normalized spacial score (nSPS) is 11.7. The Bertz CT molecular complexity index is 423. The van der Waals surface area contributed by atoms with Crippen molar-refractivity contribution in [2.75, 3.05) is 19.8 Å². The third kappa shape index (κ3) is 5.99. The number of hydrogen-bond acceptors (Lipinski definition) is 4. The monoisotopic (exact) mass is 277 g/mol. The number of allylic oxidation sites excluding steroid dienone is 2. The summed E-state index contributed by atoms with van der Waals surface area (Å²) in [5.41, 5.74) is 1.48. The molecule has 0 radical (unpaired) electrons. The lowest BCUT2D eigenvalue weighted by Crippen LogP contribution is -2.30. The molecule has 0 amide bonds. The van der Waals surface area contributed by atoms with Crippen molar-refractivity contribution in [3.05, 3.63) is 47.7 Å². The van der Waals surface area contributed by atoms with Crippen LogP contribution in [0.2, 0.25) is 0 Å². The van der Waals surface area contributed by atoms with E-state index in [-0.39, 0.29) is 12.1 Å². The molecular weight excluding hydrogens is 254 g/mol. The maximum Gasteiger partial charge on any atom is 0.187 e. The minimum Gasteiger partial charge on any atom is -0.383 e. The molecular formula is C16H23NO3. The molecule has 0 saturated heterocycles. The van der Waals surface area contributed by atoms with Gasteiger partial charge in [-0.05, 0) is 20.8 Å². The number of nitrogens with one attached hydrogen (secondary N) is 1. The Hall–Kier alpha value is -1.65. The van der Waals surface area contributed by atoms with Crippen molar-refractivity contribution in [3.63, 3.8) is 0 Å². The Morgan fingerprint density at radius 3 is 2.35 bits per heavy atom. The van der Waals surface area contributed by atoms with Crippen molar-refractivity contribution in [3.8, 4) is 0 Å². The molecule has 110 valence electrons. The SMILES string of the molecule is CCOC(CN/C(C)=C\C(=O)c1ccccc1)OCC. The molecule has 4 heteroatoms. The van der Waals surface area contributed by atoms with Crippen molar-refractivity contribution in [1.29, 1.82) is 0 Å². The highest BCUT2D eigenvalue weighted by molar-refractivity contribution is 6.04. The van der Waals surface area contributed by atoms with E-state index in [2.05, 4.69) is 5.32 Å². The summed E-state index contributed by atoms with van der Waals surface area (Å²) in [5, 5.41) is 3.14. The zero-order valence-electron chi connectivity index (χ0n) is 12.4. The van der Waals surface area contributed by atoms with Gasteiger partial charge in [0.2, 0.25) is 0 Å². The fourth-order valence-corrected chi connectivity index (χ4v) is 1.72. The number of benzene rings is 1. The summed E-state index contributed by atoms with van der Waals surface area (Å²) in [7, 11) is 0. The summed E-state index contributed by atoms with van der Waals surface area (Å²) < 4.78 is 10.9. The summed E-state index contributed by atoms with van der Waals surface area (Å²) in [5.74, 6) is -0.0139. The van der Waals surface area contributed by atoms with Gasteiger partial charge in [-0.3, -0.25) is 4.79 Å². The highest BCUT2D eigenvalue weighted by Gasteiger charge is 2.08. The molecule has 1 rings (SSSR count). The van der Waals surface area contributed by atoms with E-state index >= 15 is 0 Å². The van der Waals surface area contributed by atoms with Gasteiger partial charge in [-0.25, -0.2) is 0 Å². The van der Waals surface area contributed by atoms with E-state index in [0.29, 0.717) is 25.3 Å². The molecule has 0 aromatic heterocycles. The predicted molar refractivity (Wildman–Crippen MR) is 79.6 cm³/mol. The smallest absolute Gasteiger partial charge is 0.187 e. The van der Waals surface area contributed by atoms with Gasteiger partial charge in [-0.15, -0.1) is 0 Å². The van der Waals surface area contributed by atoms with E-state index in [4.69, 9.17) is 9.47 Å². The van der Waals surface area contributed by atoms with Crippen molar-refractivity contribution in [1.82, 2.24) is 5.32 Å². The first-order valence-electron chi connectivity index (χ1n) is 6.92. The molecule has 0 fully saturated rings. The van der Waals surface area contributed by atoms with Crippen LogP contribution in [0.3, 0.4) is 0 Å². The van der Waals surface area contributed by atoms with Crippen LogP contribution in [0.1, 0.15) is 31.1 Å². The first-order chi connectivity index (χ1) is 9.67. The third-order valence-electron chi connectivity index (χ3n) is 2.66. The zero-order valence-corrected chi connectivity index (χ0v) is 12.4. The van der Waals surface area contributed by atoms with Gasteiger partial charge < -0.3 is 14.8 Å². The largest absolute Gasteiger partial charge is 0.383 e. The topological polar surface area (TPSA) is 47.6 Å². The molecule has 0 aliphatic rings. The summed E-state index contributed by atoms with van der Waals surface area (Å²) in [4.78, 5) is 12.0. The van der Waals surface area contributed by atoms with Crippen molar-refractivity contribution in [2.45, 2.75) is 27.1 Å². The van der Waals surface area contributed by atoms with Crippen LogP contribution in [0.15, 0.2) is 42.1 Å². The van der Waals surface area contributed by atoms with E-state index in [1.807, 2.05) is 39.0 Å². The summed E-state index contributed by atoms with van der Waals surface area (Å²) in [6.07, 6.45) is 1.30. The van der Waals surface area contributed by atoms with Gasteiger partial charge in [0.25, 0.3) is 0 Å². The number of ether oxygens (including phenoxy) is 2. The number of rotatable bonds is 9. The summed E-state index contributed by atoms with van der Waals surface area (Å²) in [6.45, 7) is 7.42. The van der Waals surface area contributed by atoms with E-state index < -0.39 is 0 Å². The highest BCUT2D eigenvalue weighted by Crippen LogP contribution is 2.03.